The molecule has 0 aromatic carbocycles. The van der Waals surface area contributed by atoms with E-state index < -0.39 is 18.0 Å². The summed E-state index contributed by atoms with van der Waals surface area (Å²) in [6, 6.07) is 1.69. The minimum Gasteiger partial charge on any atom is -0.340 e. The van der Waals surface area contributed by atoms with E-state index in [4.69, 9.17) is 0 Å². The number of alkyl halides is 3. The molecule has 156 valence electrons. The Balaban J connectivity index is 1.71. The highest BCUT2D eigenvalue weighted by atomic mass is 19.4. The molecule has 0 aliphatic heterocycles. The number of nitrogens with zero attached hydrogens (tertiary/aromatic N) is 5. The summed E-state index contributed by atoms with van der Waals surface area (Å²) in [5.74, 6) is -1.44. The predicted molar refractivity (Wildman–Crippen MR) is 97.7 cm³/mol. The van der Waals surface area contributed by atoms with E-state index in [-0.39, 0.29) is 30.4 Å². The molecular formula is C19H23F3N6O. The van der Waals surface area contributed by atoms with Gasteiger partial charge in [0.2, 0.25) is 5.91 Å². The second-order valence-corrected chi connectivity index (χ2v) is 7.48. The summed E-state index contributed by atoms with van der Waals surface area (Å²) >= 11 is 0. The summed E-state index contributed by atoms with van der Waals surface area (Å²) in [7, 11) is 0. The van der Waals surface area contributed by atoms with Crippen LogP contribution >= 0.6 is 0 Å². The zero-order valence-electron chi connectivity index (χ0n) is 16.4. The van der Waals surface area contributed by atoms with Crippen LogP contribution in [0.4, 0.5) is 13.2 Å². The number of rotatable bonds is 5. The summed E-state index contributed by atoms with van der Waals surface area (Å²) in [4.78, 5) is 19.9. The normalized spacial score (nSPS) is 16.6. The smallest absolute Gasteiger partial charge is 0.340 e. The molecule has 1 atom stereocenters. The molecule has 10 heteroatoms. The molecule has 1 N–H and O–H groups in total. The van der Waals surface area contributed by atoms with Crippen LogP contribution in [0.5, 0.6) is 0 Å². The number of halogens is 3. The fourth-order valence-corrected chi connectivity index (χ4v) is 3.90. The predicted octanol–water partition coefficient (Wildman–Crippen LogP) is 3.28. The van der Waals surface area contributed by atoms with Crippen LogP contribution in [0.3, 0.4) is 0 Å². The molecule has 3 rings (SSSR count). The Morgan fingerprint density at radius 3 is 2.59 bits per heavy atom. The van der Waals surface area contributed by atoms with Crippen molar-refractivity contribution in [3.63, 3.8) is 0 Å². The Bertz CT molecular complexity index is 940. The molecule has 1 saturated carbocycles. The SMILES string of the molecule is Cc1nc2nc(C(F)(F)F)nn2c(C)c1CCC(=O)N[C@H](C#N)C1CCCCC1. The third-order valence-corrected chi connectivity index (χ3v) is 5.48. The van der Waals surface area contributed by atoms with Crippen LogP contribution in [0.25, 0.3) is 5.78 Å². The number of amides is 1. The Morgan fingerprint density at radius 1 is 1.28 bits per heavy atom. The molecule has 0 bridgehead atoms. The molecule has 29 heavy (non-hydrogen) atoms. The summed E-state index contributed by atoms with van der Waals surface area (Å²) in [5.41, 5.74) is 1.62. The fraction of sp³-hybridized carbons (Fsp3) is 0.632. The number of hydrogen-bond acceptors (Lipinski definition) is 5. The second-order valence-electron chi connectivity index (χ2n) is 7.48. The van der Waals surface area contributed by atoms with Crippen molar-refractivity contribution >= 4 is 11.7 Å². The van der Waals surface area contributed by atoms with Gasteiger partial charge in [-0.3, -0.25) is 4.79 Å². The molecule has 7 nitrogen and oxygen atoms in total. The quantitative estimate of drug-likeness (QED) is 0.819. The highest BCUT2D eigenvalue weighted by Gasteiger charge is 2.37. The van der Waals surface area contributed by atoms with Gasteiger partial charge in [-0.2, -0.15) is 23.4 Å². The number of carbonyl (C=O) groups excluding carboxylic acids is 1. The number of fused-ring (bicyclic) bond motifs is 1. The number of hydrogen-bond donors (Lipinski definition) is 1. The lowest BCUT2D eigenvalue weighted by Gasteiger charge is -2.26. The fourth-order valence-electron chi connectivity index (χ4n) is 3.90. The number of aromatic nitrogens is 4. The van der Waals surface area contributed by atoms with E-state index in [0.717, 1.165) is 36.6 Å². The number of carbonyl (C=O) groups is 1. The van der Waals surface area contributed by atoms with Gasteiger partial charge in [-0.1, -0.05) is 19.3 Å². The largest absolute Gasteiger partial charge is 0.453 e. The van der Waals surface area contributed by atoms with Gasteiger partial charge in [-0.25, -0.2) is 9.50 Å². The van der Waals surface area contributed by atoms with Crippen molar-refractivity contribution < 1.29 is 18.0 Å². The third-order valence-electron chi connectivity index (χ3n) is 5.48. The van der Waals surface area contributed by atoms with Crippen LogP contribution in [-0.2, 0) is 17.4 Å². The van der Waals surface area contributed by atoms with E-state index >= 15 is 0 Å². The maximum Gasteiger partial charge on any atom is 0.453 e. The lowest BCUT2D eigenvalue weighted by Crippen LogP contribution is -2.40. The van der Waals surface area contributed by atoms with Crippen molar-refractivity contribution in [2.45, 2.75) is 71.0 Å². The molecule has 2 heterocycles. The van der Waals surface area contributed by atoms with Gasteiger partial charge in [0.25, 0.3) is 11.6 Å². The Morgan fingerprint density at radius 2 is 1.97 bits per heavy atom. The van der Waals surface area contributed by atoms with Crippen molar-refractivity contribution in [1.29, 1.82) is 5.26 Å². The molecule has 0 radical (unpaired) electrons. The number of nitrogens with one attached hydrogen (secondary N) is 1. The first-order valence-electron chi connectivity index (χ1n) is 9.69. The third kappa shape index (κ3) is 4.66. The summed E-state index contributed by atoms with van der Waals surface area (Å²) in [6.45, 7) is 3.30. The first kappa shape index (κ1) is 21.0. The number of nitriles is 1. The zero-order chi connectivity index (χ0) is 21.2. The highest BCUT2D eigenvalue weighted by Crippen LogP contribution is 2.28. The average Bonchev–Trinajstić information content (AvgIpc) is 3.11. The molecule has 1 amide bonds. The molecule has 0 spiro atoms. The monoisotopic (exact) mass is 408 g/mol. The van der Waals surface area contributed by atoms with Crippen LogP contribution in [-0.4, -0.2) is 31.5 Å². The molecule has 0 unspecified atom stereocenters. The van der Waals surface area contributed by atoms with Crippen molar-refractivity contribution in [2.75, 3.05) is 0 Å². The van der Waals surface area contributed by atoms with E-state index in [9.17, 15) is 23.2 Å². The highest BCUT2D eigenvalue weighted by molar-refractivity contribution is 5.77. The molecule has 1 aliphatic carbocycles. The van der Waals surface area contributed by atoms with Crippen LogP contribution in [0.1, 0.15) is 61.3 Å². The van der Waals surface area contributed by atoms with Gasteiger partial charge in [0.05, 0.1) is 6.07 Å². The van der Waals surface area contributed by atoms with E-state index in [1.54, 1.807) is 13.8 Å². The average molecular weight is 408 g/mol. The van der Waals surface area contributed by atoms with Crippen molar-refractivity contribution in [3.8, 4) is 6.07 Å². The van der Waals surface area contributed by atoms with E-state index in [2.05, 4.69) is 26.5 Å². The lowest BCUT2D eigenvalue weighted by molar-refractivity contribution is -0.144. The van der Waals surface area contributed by atoms with Gasteiger partial charge < -0.3 is 5.32 Å². The summed E-state index contributed by atoms with van der Waals surface area (Å²) in [6.07, 6.45) is 0.920. The van der Waals surface area contributed by atoms with Crippen LogP contribution < -0.4 is 5.32 Å². The standard InChI is InChI=1S/C19H23F3N6O/c1-11-14(12(2)28-18(24-11)26-17(27-28)19(20,21)22)8-9-16(29)25-15(10-23)13-6-4-3-5-7-13/h13,15H,3-9H2,1-2H3,(H,25,29)/t15-/m1/s1. The van der Waals surface area contributed by atoms with Gasteiger partial charge in [0.15, 0.2) is 0 Å². The van der Waals surface area contributed by atoms with E-state index in [0.29, 0.717) is 17.0 Å². The first-order chi connectivity index (χ1) is 13.7. The van der Waals surface area contributed by atoms with Gasteiger partial charge >= 0.3 is 6.18 Å². The molecule has 2 aromatic heterocycles. The van der Waals surface area contributed by atoms with Crippen LogP contribution in [0, 0.1) is 31.1 Å². The summed E-state index contributed by atoms with van der Waals surface area (Å²) in [5, 5.41) is 15.7. The van der Waals surface area contributed by atoms with Gasteiger partial charge in [0, 0.05) is 17.8 Å². The Hall–Kier alpha value is -2.70. The summed E-state index contributed by atoms with van der Waals surface area (Å²) < 4.78 is 39.7. The minimum absolute atomic E-state index is 0.112. The maximum absolute atomic E-state index is 12.9. The minimum atomic E-state index is -4.65. The van der Waals surface area contributed by atoms with Crippen LogP contribution in [0.15, 0.2) is 0 Å². The van der Waals surface area contributed by atoms with Crippen molar-refractivity contribution in [1.82, 2.24) is 24.9 Å². The second kappa shape index (κ2) is 8.35. The van der Waals surface area contributed by atoms with E-state index in [1.807, 2.05) is 0 Å². The topological polar surface area (TPSA) is 96.0 Å². The molecule has 1 aliphatic rings. The molecule has 1 fully saturated rings. The van der Waals surface area contributed by atoms with Gasteiger partial charge in [-0.15, -0.1) is 5.10 Å². The zero-order valence-corrected chi connectivity index (χ0v) is 16.4. The van der Waals surface area contributed by atoms with Gasteiger partial charge in [0.1, 0.15) is 6.04 Å². The maximum atomic E-state index is 12.9. The van der Waals surface area contributed by atoms with Crippen molar-refractivity contribution in [2.24, 2.45) is 5.92 Å². The first-order valence-corrected chi connectivity index (χ1v) is 9.69. The molecule has 2 aromatic rings. The Labute approximate surface area is 166 Å². The molecular weight excluding hydrogens is 385 g/mol. The lowest BCUT2D eigenvalue weighted by atomic mass is 9.84. The number of aryl methyl sites for hydroxylation is 2. The van der Waals surface area contributed by atoms with Crippen LogP contribution in [0.2, 0.25) is 0 Å². The Kier molecular flexibility index (Phi) is 6.05. The van der Waals surface area contributed by atoms with E-state index in [1.165, 1.54) is 0 Å². The molecule has 0 saturated heterocycles. The van der Waals surface area contributed by atoms with Crippen molar-refractivity contribution in [3.05, 3.63) is 22.8 Å². The van der Waals surface area contributed by atoms with Gasteiger partial charge in [-0.05, 0) is 44.6 Å².